The van der Waals surface area contributed by atoms with Gasteiger partial charge in [-0.25, -0.2) is 9.37 Å². The van der Waals surface area contributed by atoms with Gasteiger partial charge in [0.25, 0.3) is 0 Å². The lowest BCUT2D eigenvalue weighted by Crippen LogP contribution is -2.30. The molecule has 0 spiro atoms. The third kappa shape index (κ3) is 4.34. The predicted molar refractivity (Wildman–Crippen MR) is 121 cm³/mol. The fourth-order valence-electron chi connectivity index (χ4n) is 3.85. The second-order valence-corrected chi connectivity index (χ2v) is 8.54. The maximum atomic E-state index is 13.9. The molecule has 3 aromatic rings. The van der Waals surface area contributed by atoms with Gasteiger partial charge in [0, 0.05) is 35.4 Å². The molecule has 31 heavy (non-hydrogen) atoms. The van der Waals surface area contributed by atoms with Gasteiger partial charge in [-0.15, -0.1) is 0 Å². The summed E-state index contributed by atoms with van der Waals surface area (Å²) in [6.07, 6.45) is 0.442. The van der Waals surface area contributed by atoms with E-state index in [0.717, 1.165) is 28.8 Å². The molecule has 1 unspecified atom stereocenters. The number of fused-ring (bicyclic) bond motifs is 1. The molecule has 0 bridgehead atoms. The zero-order valence-electron chi connectivity index (χ0n) is 17.1. The molecule has 2 aromatic carbocycles. The van der Waals surface area contributed by atoms with Crippen LogP contribution >= 0.6 is 23.2 Å². The van der Waals surface area contributed by atoms with E-state index in [0.29, 0.717) is 22.9 Å². The summed E-state index contributed by atoms with van der Waals surface area (Å²) in [6.45, 7) is 3.08. The van der Waals surface area contributed by atoms with Crippen molar-refractivity contribution in [3.63, 3.8) is 0 Å². The Balaban J connectivity index is 1.66. The van der Waals surface area contributed by atoms with E-state index in [4.69, 9.17) is 33.7 Å². The number of aromatic nitrogens is 1. The summed E-state index contributed by atoms with van der Waals surface area (Å²) in [4.78, 5) is 6.33. The number of hydrogen-bond donors (Lipinski definition) is 2. The molecule has 4 rings (SSSR count). The molecule has 2 heterocycles. The molecule has 1 aliphatic rings. The smallest absolute Gasteiger partial charge is 0.166 e. The van der Waals surface area contributed by atoms with Crippen molar-refractivity contribution in [3.05, 3.63) is 75.1 Å². The Labute approximate surface area is 190 Å². The molecule has 3 N–H and O–H groups in total. The molecule has 0 radical (unpaired) electrons. The van der Waals surface area contributed by atoms with Crippen molar-refractivity contribution in [1.29, 1.82) is 0 Å². The van der Waals surface area contributed by atoms with Crippen molar-refractivity contribution in [1.82, 2.24) is 9.88 Å². The number of rotatable bonds is 4. The third-order valence-electron chi connectivity index (χ3n) is 5.43. The summed E-state index contributed by atoms with van der Waals surface area (Å²) in [5.74, 6) is -0.0482. The van der Waals surface area contributed by atoms with Crippen LogP contribution < -0.4 is 10.5 Å². The predicted octanol–water partition coefficient (Wildman–Crippen LogP) is 5.40. The minimum absolute atomic E-state index is 0.0867. The van der Waals surface area contributed by atoms with Crippen molar-refractivity contribution >= 4 is 29.0 Å². The molecule has 0 fully saturated rings. The van der Waals surface area contributed by atoms with Gasteiger partial charge in [-0.3, -0.25) is 4.90 Å². The van der Waals surface area contributed by atoms with Gasteiger partial charge in [0.15, 0.2) is 11.6 Å². The van der Waals surface area contributed by atoms with Gasteiger partial charge in [-0.2, -0.15) is 0 Å². The Morgan fingerprint density at radius 1 is 1.23 bits per heavy atom. The maximum Gasteiger partial charge on any atom is 0.166 e. The Morgan fingerprint density at radius 3 is 2.77 bits per heavy atom. The molecule has 0 aliphatic carbocycles. The van der Waals surface area contributed by atoms with Gasteiger partial charge in [0.2, 0.25) is 0 Å². The number of nitrogen functional groups attached to an aromatic ring is 1. The molecular formula is C23H22Cl2FN3O2. The van der Waals surface area contributed by atoms with Gasteiger partial charge in [-0.1, -0.05) is 35.3 Å². The van der Waals surface area contributed by atoms with Crippen molar-refractivity contribution in [2.75, 3.05) is 19.3 Å². The molecule has 0 amide bonds. The zero-order chi connectivity index (χ0) is 22.3. The average Bonchev–Trinajstić information content (AvgIpc) is 2.72. The van der Waals surface area contributed by atoms with Crippen LogP contribution in [0, 0.1) is 5.82 Å². The standard InChI is InChI=1S/C23H22Cl2FN3O2/c1-12(21-17(24)5-6-18(26)22(21)25)31-20-8-15(9-28-23(20)27)13-3-4-14-10-29(2)11-19(30)16(14)7-13/h3-9,12,19,30H,10-11H2,1-2H3,(H2,27,28)/t12-,19?/m1/s1. The van der Waals surface area contributed by atoms with Crippen LogP contribution in [0.25, 0.3) is 11.1 Å². The second-order valence-electron chi connectivity index (χ2n) is 7.75. The van der Waals surface area contributed by atoms with Crippen molar-refractivity contribution < 1.29 is 14.2 Å². The average molecular weight is 462 g/mol. The quantitative estimate of drug-likeness (QED) is 0.509. The van der Waals surface area contributed by atoms with Crippen LogP contribution in [0.3, 0.4) is 0 Å². The normalized spacial score (nSPS) is 17.3. The highest BCUT2D eigenvalue weighted by Gasteiger charge is 2.23. The Morgan fingerprint density at radius 2 is 2.00 bits per heavy atom. The number of nitrogens with zero attached hydrogens (tertiary/aromatic N) is 2. The molecule has 0 saturated heterocycles. The molecular weight excluding hydrogens is 440 g/mol. The third-order valence-corrected chi connectivity index (χ3v) is 6.15. The van der Waals surface area contributed by atoms with Crippen LogP contribution in [-0.4, -0.2) is 28.6 Å². The molecule has 2 atom stereocenters. The first kappa shape index (κ1) is 21.8. The second kappa shape index (κ2) is 8.63. The summed E-state index contributed by atoms with van der Waals surface area (Å²) in [6, 6.07) is 10.4. The number of halogens is 3. The van der Waals surface area contributed by atoms with Gasteiger partial charge < -0.3 is 15.6 Å². The zero-order valence-corrected chi connectivity index (χ0v) is 18.6. The highest BCUT2D eigenvalue weighted by Crippen LogP contribution is 2.37. The first-order valence-corrected chi connectivity index (χ1v) is 10.6. The maximum absolute atomic E-state index is 13.9. The lowest BCUT2D eigenvalue weighted by Gasteiger charge is -2.29. The largest absolute Gasteiger partial charge is 0.482 e. The molecule has 8 heteroatoms. The minimum atomic E-state index is -0.657. The Hall–Kier alpha value is -2.38. The first-order valence-electron chi connectivity index (χ1n) is 9.80. The van der Waals surface area contributed by atoms with Crippen molar-refractivity contribution in [2.45, 2.75) is 25.7 Å². The number of benzene rings is 2. The van der Waals surface area contributed by atoms with E-state index < -0.39 is 18.0 Å². The van der Waals surface area contributed by atoms with E-state index in [1.807, 2.05) is 25.2 Å². The van der Waals surface area contributed by atoms with E-state index in [1.165, 1.54) is 12.1 Å². The monoisotopic (exact) mass is 461 g/mol. The number of ether oxygens (including phenoxy) is 1. The van der Waals surface area contributed by atoms with Crippen LogP contribution in [0.4, 0.5) is 10.2 Å². The lowest BCUT2D eigenvalue weighted by atomic mass is 9.93. The Bertz CT molecular complexity index is 1140. The number of anilines is 1. The number of hydrogen-bond acceptors (Lipinski definition) is 5. The van der Waals surface area contributed by atoms with Crippen LogP contribution in [0.1, 0.15) is 35.8 Å². The topological polar surface area (TPSA) is 71.6 Å². The van der Waals surface area contributed by atoms with Gasteiger partial charge in [0.05, 0.1) is 11.1 Å². The molecule has 1 aromatic heterocycles. The van der Waals surface area contributed by atoms with E-state index >= 15 is 0 Å². The van der Waals surface area contributed by atoms with Crippen LogP contribution in [-0.2, 0) is 6.54 Å². The fraction of sp³-hybridized carbons (Fsp3) is 0.261. The Kier molecular flexibility index (Phi) is 6.08. The van der Waals surface area contributed by atoms with Gasteiger partial charge in [0.1, 0.15) is 11.9 Å². The van der Waals surface area contributed by atoms with E-state index in [1.54, 1.807) is 19.2 Å². The van der Waals surface area contributed by atoms with Crippen LogP contribution in [0.5, 0.6) is 5.75 Å². The van der Waals surface area contributed by atoms with E-state index in [-0.39, 0.29) is 10.8 Å². The van der Waals surface area contributed by atoms with Gasteiger partial charge >= 0.3 is 0 Å². The molecule has 162 valence electrons. The lowest BCUT2D eigenvalue weighted by molar-refractivity contribution is 0.108. The number of aliphatic hydroxyl groups is 1. The minimum Gasteiger partial charge on any atom is -0.482 e. The van der Waals surface area contributed by atoms with Gasteiger partial charge in [-0.05, 0) is 54.9 Å². The van der Waals surface area contributed by atoms with E-state index in [9.17, 15) is 9.50 Å². The number of aliphatic hydroxyl groups excluding tert-OH is 1. The highest BCUT2D eigenvalue weighted by atomic mass is 35.5. The molecule has 1 aliphatic heterocycles. The molecule has 5 nitrogen and oxygen atoms in total. The number of pyridine rings is 1. The molecule has 0 saturated carbocycles. The first-order chi connectivity index (χ1) is 14.7. The highest BCUT2D eigenvalue weighted by molar-refractivity contribution is 6.36. The van der Waals surface area contributed by atoms with Crippen LogP contribution in [0.2, 0.25) is 10.0 Å². The van der Waals surface area contributed by atoms with Crippen molar-refractivity contribution in [3.8, 4) is 16.9 Å². The number of β-amino-alcohol motifs (C(OH)–C–C–N with tert-alkyl or cyclic N) is 1. The SMILES string of the molecule is C[C@@H](Oc1cc(-c2ccc3c(c2)C(O)CN(C)C3)cnc1N)c1c(Cl)ccc(F)c1Cl. The summed E-state index contributed by atoms with van der Waals surface area (Å²) in [5.41, 5.74) is 10.0. The summed E-state index contributed by atoms with van der Waals surface area (Å²) in [7, 11) is 1.98. The van der Waals surface area contributed by atoms with Crippen molar-refractivity contribution in [2.24, 2.45) is 0 Å². The van der Waals surface area contributed by atoms with Crippen LogP contribution in [0.15, 0.2) is 42.6 Å². The number of likely N-dealkylation sites (N-methyl/N-ethyl adjacent to an activating group) is 1. The van der Waals surface area contributed by atoms with E-state index in [2.05, 4.69) is 9.88 Å². The number of nitrogens with two attached hydrogens (primary N) is 1. The summed E-state index contributed by atoms with van der Waals surface area (Å²) in [5, 5.41) is 10.7. The summed E-state index contributed by atoms with van der Waals surface area (Å²) >= 11 is 12.3. The fourth-order valence-corrected chi connectivity index (χ4v) is 4.53. The summed E-state index contributed by atoms with van der Waals surface area (Å²) < 4.78 is 19.9.